The fourth-order valence-electron chi connectivity index (χ4n) is 3.44. The van der Waals surface area contributed by atoms with E-state index in [0.717, 1.165) is 6.04 Å². The highest BCUT2D eigenvalue weighted by Crippen LogP contribution is 2.30. The molecule has 0 amide bonds. The van der Waals surface area contributed by atoms with E-state index in [-0.39, 0.29) is 0 Å². The number of rotatable bonds is 5. The average molecular weight is 253 g/mol. The fraction of sp³-hybridized carbons (Fsp3) is 1.00. The van der Waals surface area contributed by atoms with Crippen molar-refractivity contribution in [1.29, 1.82) is 0 Å². The zero-order chi connectivity index (χ0) is 13.0. The second-order valence-electron chi connectivity index (χ2n) is 6.35. The van der Waals surface area contributed by atoms with Crippen LogP contribution in [0.5, 0.6) is 0 Å². The summed E-state index contributed by atoms with van der Waals surface area (Å²) in [6.45, 7) is 15.9. The van der Waals surface area contributed by atoms with Gasteiger partial charge in [-0.3, -0.25) is 4.90 Å². The van der Waals surface area contributed by atoms with Gasteiger partial charge in [0, 0.05) is 45.3 Å². The molecule has 2 atom stereocenters. The van der Waals surface area contributed by atoms with Crippen molar-refractivity contribution in [3.8, 4) is 0 Å². The normalized spacial score (nSPS) is 32.8. The van der Waals surface area contributed by atoms with Crippen LogP contribution in [-0.2, 0) is 0 Å². The smallest absolute Gasteiger partial charge is 0.0113 e. The zero-order valence-corrected chi connectivity index (χ0v) is 12.5. The Morgan fingerprint density at radius 2 is 1.89 bits per heavy atom. The summed E-state index contributed by atoms with van der Waals surface area (Å²) in [6.07, 6.45) is 3.98. The van der Waals surface area contributed by atoms with Gasteiger partial charge in [-0.05, 0) is 38.1 Å². The maximum absolute atomic E-state index is 3.55. The average Bonchev–Trinajstić information content (AvgIpc) is 2.88. The van der Waals surface area contributed by atoms with Crippen LogP contribution < -0.4 is 5.32 Å². The van der Waals surface area contributed by atoms with E-state index in [1.807, 2.05) is 0 Å². The Balaban J connectivity index is 1.79. The molecular weight excluding hydrogens is 222 g/mol. The summed E-state index contributed by atoms with van der Waals surface area (Å²) in [5.41, 5.74) is 0.568. The summed E-state index contributed by atoms with van der Waals surface area (Å²) in [6, 6.07) is 0.764. The van der Waals surface area contributed by atoms with Crippen LogP contribution in [0.3, 0.4) is 0 Å². The lowest BCUT2D eigenvalue weighted by Gasteiger charge is -2.41. The molecule has 0 aromatic heterocycles. The molecule has 106 valence electrons. The van der Waals surface area contributed by atoms with Crippen LogP contribution in [-0.4, -0.2) is 61.7 Å². The molecule has 1 N–H and O–H groups in total. The van der Waals surface area contributed by atoms with E-state index < -0.39 is 0 Å². The Labute approximate surface area is 113 Å². The van der Waals surface area contributed by atoms with Gasteiger partial charge in [0.05, 0.1) is 0 Å². The van der Waals surface area contributed by atoms with Crippen molar-refractivity contribution in [3.63, 3.8) is 0 Å². The van der Waals surface area contributed by atoms with Gasteiger partial charge in [-0.1, -0.05) is 13.8 Å². The molecule has 0 spiro atoms. The van der Waals surface area contributed by atoms with Crippen LogP contribution >= 0.6 is 0 Å². The Morgan fingerprint density at radius 1 is 1.17 bits per heavy atom. The summed E-state index contributed by atoms with van der Waals surface area (Å²) < 4.78 is 0. The van der Waals surface area contributed by atoms with Crippen molar-refractivity contribution in [2.75, 3.05) is 45.8 Å². The first-order valence-corrected chi connectivity index (χ1v) is 7.86. The molecule has 2 aliphatic rings. The van der Waals surface area contributed by atoms with E-state index in [2.05, 4.69) is 35.9 Å². The van der Waals surface area contributed by atoms with Crippen molar-refractivity contribution in [2.45, 2.75) is 46.1 Å². The first kappa shape index (κ1) is 14.3. The molecule has 3 heteroatoms. The summed E-state index contributed by atoms with van der Waals surface area (Å²) in [7, 11) is 0. The highest BCUT2D eigenvalue weighted by atomic mass is 15.3. The predicted octanol–water partition coefficient (Wildman–Crippen LogP) is 1.79. The monoisotopic (exact) mass is 253 g/mol. The van der Waals surface area contributed by atoms with Crippen molar-refractivity contribution in [3.05, 3.63) is 0 Å². The minimum atomic E-state index is 0.568. The molecule has 0 saturated carbocycles. The predicted molar refractivity (Wildman–Crippen MR) is 78.0 cm³/mol. The Morgan fingerprint density at radius 3 is 2.39 bits per heavy atom. The molecular formula is C15H31N3. The third kappa shape index (κ3) is 3.25. The lowest BCUT2D eigenvalue weighted by Crippen LogP contribution is -2.52. The number of hydrogen-bond acceptors (Lipinski definition) is 3. The lowest BCUT2D eigenvalue weighted by molar-refractivity contribution is 0.0693. The second-order valence-corrected chi connectivity index (χ2v) is 6.35. The van der Waals surface area contributed by atoms with Gasteiger partial charge < -0.3 is 10.2 Å². The molecule has 0 radical (unpaired) electrons. The van der Waals surface area contributed by atoms with Crippen LogP contribution in [0.4, 0.5) is 0 Å². The summed E-state index contributed by atoms with van der Waals surface area (Å²) in [4.78, 5) is 5.36. The van der Waals surface area contributed by atoms with Gasteiger partial charge in [0.1, 0.15) is 0 Å². The molecule has 2 fully saturated rings. The minimum absolute atomic E-state index is 0.568. The summed E-state index contributed by atoms with van der Waals surface area (Å²) in [5, 5.41) is 3.55. The van der Waals surface area contributed by atoms with E-state index in [1.165, 1.54) is 65.1 Å². The largest absolute Gasteiger partial charge is 0.316 e. The molecule has 2 saturated heterocycles. The highest BCUT2D eigenvalue weighted by Gasteiger charge is 2.34. The molecule has 2 unspecified atom stereocenters. The quantitative estimate of drug-likeness (QED) is 0.806. The Bertz CT molecular complexity index is 240. The molecule has 0 bridgehead atoms. The second kappa shape index (κ2) is 6.36. The van der Waals surface area contributed by atoms with Crippen molar-refractivity contribution in [1.82, 2.24) is 15.1 Å². The third-order valence-corrected chi connectivity index (χ3v) is 5.26. The molecule has 2 rings (SSSR count). The van der Waals surface area contributed by atoms with E-state index in [4.69, 9.17) is 0 Å². The van der Waals surface area contributed by atoms with E-state index in [1.54, 1.807) is 0 Å². The summed E-state index contributed by atoms with van der Waals surface area (Å²) in [5.74, 6) is 0. The van der Waals surface area contributed by atoms with Gasteiger partial charge in [0.2, 0.25) is 0 Å². The van der Waals surface area contributed by atoms with Gasteiger partial charge in [0.25, 0.3) is 0 Å². The number of nitrogens with one attached hydrogen (secondary N) is 1. The van der Waals surface area contributed by atoms with Gasteiger partial charge >= 0.3 is 0 Å². The van der Waals surface area contributed by atoms with Crippen LogP contribution in [0.25, 0.3) is 0 Å². The molecule has 3 nitrogen and oxygen atoms in total. The molecule has 2 heterocycles. The topological polar surface area (TPSA) is 18.5 Å². The standard InChI is InChI=1S/C15H31N3/c1-4-14(3)18-10-8-17(9-11-18)13-15(5-2)6-7-16-12-15/h14,16H,4-13H2,1-3H3. The third-order valence-electron chi connectivity index (χ3n) is 5.26. The molecule has 2 aliphatic heterocycles. The first-order chi connectivity index (χ1) is 8.69. The maximum atomic E-state index is 3.55. The molecule has 0 aliphatic carbocycles. The SMILES string of the molecule is CCC(C)N1CCN(CC2(CC)CCNC2)CC1. The van der Waals surface area contributed by atoms with Gasteiger partial charge in [-0.15, -0.1) is 0 Å². The first-order valence-electron chi connectivity index (χ1n) is 7.86. The van der Waals surface area contributed by atoms with Crippen LogP contribution in [0.1, 0.15) is 40.0 Å². The van der Waals surface area contributed by atoms with Crippen LogP contribution in [0.2, 0.25) is 0 Å². The minimum Gasteiger partial charge on any atom is -0.316 e. The Hall–Kier alpha value is -0.120. The van der Waals surface area contributed by atoms with Crippen LogP contribution in [0, 0.1) is 5.41 Å². The van der Waals surface area contributed by atoms with Crippen molar-refractivity contribution in [2.24, 2.45) is 5.41 Å². The van der Waals surface area contributed by atoms with Gasteiger partial charge in [-0.25, -0.2) is 0 Å². The molecule has 0 aromatic carbocycles. The van der Waals surface area contributed by atoms with Crippen molar-refractivity contribution < 1.29 is 0 Å². The number of piperazine rings is 1. The number of hydrogen-bond donors (Lipinski definition) is 1. The van der Waals surface area contributed by atoms with E-state index >= 15 is 0 Å². The van der Waals surface area contributed by atoms with Gasteiger partial charge in [-0.2, -0.15) is 0 Å². The number of nitrogens with zero attached hydrogens (tertiary/aromatic N) is 2. The zero-order valence-electron chi connectivity index (χ0n) is 12.5. The fourth-order valence-corrected chi connectivity index (χ4v) is 3.44. The Kier molecular flexibility index (Phi) is 5.05. The molecule has 18 heavy (non-hydrogen) atoms. The molecule has 0 aromatic rings. The van der Waals surface area contributed by atoms with Crippen LogP contribution in [0.15, 0.2) is 0 Å². The van der Waals surface area contributed by atoms with Gasteiger partial charge in [0.15, 0.2) is 0 Å². The van der Waals surface area contributed by atoms with E-state index in [0.29, 0.717) is 5.41 Å². The van der Waals surface area contributed by atoms with E-state index in [9.17, 15) is 0 Å². The highest BCUT2D eigenvalue weighted by molar-refractivity contribution is 4.90. The lowest BCUT2D eigenvalue weighted by atomic mass is 9.83. The maximum Gasteiger partial charge on any atom is 0.0113 e. The summed E-state index contributed by atoms with van der Waals surface area (Å²) >= 11 is 0. The van der Waals surface area contributed by atoms with Crippen molar-refractivity contribution >= 4 is 0 Å².